The Bertz CT molecular complexity index is 794. The van der Waals surface area contributed by atoms with Gasteiger partial charge in [-0.05, 0) is 43.6 Å². The molecule has 8 heteroatoms. The maximum absolute atomic E-state index is 12.6. The molecule has 2 fully saturated rings. The predicted molar refractivity (Wildman–Crippen MR) is 108 cm³/mol. The van der Waals surface area contributed by atoms with Gasteiger partial charge in [-0.1, -0.05) is 6.92 Å². The highest BCUT2D eigenvalue weighted by molar-refractivity contribution is 7.17. The minimum Gasteiger partial charge on any atom is -0.365 e. The van der Waals surface area contributed by atoms with Gasteiger partial charge in [-0.2, -0.15) is 0 Å². The largest absolute Gasteiger partial charge is 0.365 e. The molecule has 3 amide bonds. The van der Waals surface area contributed by atoms with Gasteiger partial charge in [-0.3, -0.25) is 19.3 Å². The van der Waals surface area contributed by atoms with Crippen LogP contribution in [-0.2, 0) is 22.4 Å². The highest BCUT2D eigenvalue weighted by Gasteiger charge is 2.35. The Balaban J connectivity index is 1.35. The summed E-state index contributed by atoms with van der Waals surface area (Å²) in [5.74, 6) is 0.513. The van der Waals surface area contributed by atoms with Gasteiger partial charge in [0, 0.05) is 37.0 Å². The molecule has 0 spiro atoms. The van der Waals surface area contributed by atoms with Crippen LogP contribution in [0.4, 0.5) is 5.00 Å². The molecular weight excluding hydrogens is 376 g/mol. The van der Waals surface area contributed by atoms with E-state index in [9.17, 15) is 14.4 Å². The summed E-state index contributed by atoms with van der Waals surface area (Å²) in [7, 11) is 0. The molecule has 2 heterocycles. The van der Waals surface area contributed by atoms with Gasteiger partial charge < -0.3 is 16.0 Å². The van der Waals surface area contributed by atoms with Crippen molar-refractivity contribution in [2.24, 2.45) is 17.6 Å². The maximum atomic E-state index is 12.6. The second-order valence-corrected chi connectivity index (χ2v) is 9.45. The third-order valence-corrected chi connectivity index (χ3v) is 7.16. The van der Waals surface area contributed by atoms with Crippen molar-refractivity contribution < 1.29 is 14.4 Å². The summed E-state index contributed by atoms with van der Waals surface area (Å²) in [6, 6.07) is 0. The first-order valence-electron chi connectivity index (χ1n) is 10.2. The average molecular weight is 405 g/mol. The Kier molecular flexibility index (Phi) is 5.42. The summed E-state index contributed by atoms with van der Waals surface area (Å²) < 4.78 is 0. The summed E-state index contributed by atoms with van der Waals surface area (Å²) in [4.78, 5) is 41.9. The zero-order valence-corrected chi connectivity index (χ0v) is 17.1. The Hall–Kier alpha value is -1.93. The van der Waals surface area contributed by atoms with Crippen molar-refractivity contribution in [2.75, 3.05) is 38.0 Å². The number of anilines is 1. The molecule has 4 rings (SSSR count). The van der Waals surface area contributed by atoms with Gasteiger partial charge in [-0.25, -0.2) is 0 Å². The molecule has 0 unspecified atom stereocenters. The molecule has 2 aliphatic carbocycles. The third kappa shape index (κ3) is 4.07. The number of fused-ring (bicyclic) bond motifs is 1. The average Bonchev–Trinajstić information content (AvgIpc) is 3.43. The smallest absolute Gasteiger partial charge is 0.251 e. The van der Waals surface area contributed by atoms with Crippen molar-refractivity contribution in [3.05, 3.63) is 16.0 Å². The lowest BCUT2D eigenvalue weighted by Gasteiger charge is -2.34. The van der Waals surface area contributed by atoms with E-state index < -0.39 is 5.91 Å². The van der Waals surface area contributed by atoms with Gasteiger partial charge in [0.15, 0.2) is 0 Å². The van der Waals surface area contributed by atoms with Crippen LogP contribution >= 0.6 is 11.3 Å². The van der Waals surface area contributed by atoms with Gasteiger partial charge in [-0.15, -0.1) is 11.3 Å². The molecule has 152 valence electrons. The lowest BCUT2D eigenvalue weighted by atomic mass is 9.88. The molecule has 1 aromatic heterocycles. The highest BCUT2D eigenvalue weighted by Crippen LogP contribution is 2.39. The van der Waals surface area contributed by atoms with Crippen LogP contribution in [0.15, 0.2) is 0 Å². The minimum atomic E-state index is -0.463. The monoisotopic (exact) mass is 404 g/mol. The number of rotatable bonds is 5. The topological polar surface area (TPSA) is 95.7 Å². The van der Waals surface area contributed by atoms with E-state index >= 15 is 0 Å². The van der Waals surface area contributed by atoms with Crippen LogP contribution < -0.4 is 11.1 Å². The molecule has 28 heavy (non-hydrogen) atoms. The first kappa shape index (κ1) is 19.4. The van der Waals surface area contributed by atoms with Crippen molar-refractivity contribution >= 4 is 34.1 Å². The summed E-state index contributed by atoms with van der Waals surface area (Å²) in [6.45, 7) is 5.24. The predicted octanol–water partition coefficient (Wildman–Crippen LogP) is 1.46. The molecule has 3 N–H and O–H groups in total. The first-order chi connectivity index (χ1) is 13.4. The Morgan fingerprint density at radius 2 is 1.86 bits per heavy atom. The summed E-state index contributed by atoms with van der Waals surface area (Å²) in [6.07, 6.45) is 4.87. The van der Waals surface area contributed by atoms with Crippen molar-refractivity contribution in [1.29, 1.82) is 0 Å². The van der Waals surface area contributed by atoms with Crippen molar-refractivity contribution in [3.63, 3.8) is 0 Å². The zero-order chi connectivity index (χ0) is 19.8. The second-order valence-electron chi connectivity index (χ2n) is 8.34. The number of carbonyl (C=O) groups excluding carboxylic acids is 3. The lowest BCUT2D eigenvalue weighted by molar-refractivity contribution is -0.134. The number of thiophene rings is 1. The van der Waals surface area contributed by atoms with Gasteiger partial charge in [0.1, 0.15) is 5.00 Å². The Labute approximate surface area is 169 Å². The van der Waals surface area contributed by atoms with Crippen LogP contribution in [0.5, 0.6) is 0 Å². The number of primary amides is 1. The number of nitrogens with two attached hydrogens (primary N) is 1. The first-order valence-corrected chi connectivity index (χ1v) is 11.0. The van der Waals surface area contributed by atoms with Gasteiger partial charge in [0.05, 0.1) is 12.1 Å². The number of nitrogens with zero attached hydrogens (tertiary/aromatic N) is 2. The lowest BCUT2D eigenvalue weighted by Crippen LogP contribution is -2.50. The van der Waals surface area contributed by atoms with E-state index in [0.717, 1.165) is 37.7 Å². The van der Waals surface area contributed by atoms with Crippen molar-refractivity contribution in [2.45, 2.75) is 39.0 Å². The van der Waals surface area contributed by atoms with Crippen molar-refractivity contribution in [3.8, 4) is 0 Å². The van der Waals surface area contributed by atoms with Crippen LogP contribution in [0.25, 0.3) is 0 Å². The number of carbonyl (C=O) groups is 3. The fourth-order valence-corrected chi connectivity index (χ4v) is 5.62. The van der Waals surface area contributed by atoms with Gasteiger partial charge in [0.2, 0.25) is 11.8 Å². The molecule has 1 aliphatic heterocycles. The number of hydrogen-bond donors (Lipinski definition) is 2. The Morgan fingerprint density at radius 1 is 1.14 bits per heavy atom. The quantitative estimate of drug-likeness (QED) is 0.777. The SMILES string of the molecule is C[C@@H]1CCc2c(sc(NC(=O)CN3CCN(C(=O)C4CC4)CC3)c2C(N)=O)C1. The number of nitrogens with one attached hydrogen (secondary N) is 1. The standard InChI is InChI=1S/C20H28N4O3S/c1-12-2-5-14-15(10-12)28-19(17(14)18(21)26)22-16(25)11-23-6-8-24(9-7-23)20(27)13-3-4-13/h12-13H,2-11H2,1H3,(H2,21,26)(H,22,25)/t12-/m1/s1. The zero-order valence-electron chi connectivity index (χ0n) is 16.3. The maximum Gasteiger partial charge on any atom is 0.251 e. The number of piperazine rings is 1. The molecule has 1 atom stereocenters. The number of hydrogen-bond acceptors (Lipinski definition) is 5. The Morgan fingerprint density at radius 3 is 2.50 bits per heavy atom. The molecule has 7 nitrogen and oxygen atoms in total. The molecule has 1 saturated carbocycles. The van der Waals surface area contributed by atoms with Gasteiger partial charge >= 0.3 is 0 Å². The summed E-state index contributed by atoms with van der Waals surface area (Å²) in [5, 5.41) is 3.53. The summed E-state index contributed by atoms with van der Waals surface area (Å²) in [5.41, 5.74) is 7.15. The van der Waals surface area contributed by atoms with E-state index in [1.807, 2.05) is 4.90 Å². The number of amides is 3. The van der Waals surface area contributed by atoms with Crippen LogP contribution in [0.1, 0.15) is 47.0 Å². The van der Waals surface area contributed by atoms with Crippen LogP contribution in [0.3, 0.4) is 0 Å². The second kappa shape index (κ2) is 7.83. The third-order valence-electron chi connectivity index (χ3n) is 5.99. The van der Waals surface area contributed by atoms with Crippen LogP contribution in [0.2, 0.25) is 0 Å². The van der Waals surface area contributed by atoms with E-state index in [4.69, 9.17) is 5.73 Å². The fourth-order valence-electron chi connectivity index (χ4n) is 4.18. The fraction of sp³-hybridized carbons (Fsp3) is 0.650. The van der Waals surface area contributed by atoms with Crippen LogP contribution in [0, 0.1) is 11.8 Å². The molecule has 0 aromatic carbocycles. The van der Waals surface area contributed by atoms with Crippen LogP contribution in [-0.4, -0.2) is 60.2 Å². The van der Waals surface area contributed by atoms with E-state index in [0.29, 0.717) is 42.7 Å². The molecular formula is C20H28N4O3S. The molecule has 0 bridgehead atoms. The van der Waals surface area contributed by atoms with E-state index in [1.54, 1.807) is 0 Å². The molecule has 1 saturated heterocycles. The normalized spacial score (nSPS) is 22.6. The van der Waals surface area contributed by atoms with Crippen molar-refractivity contribution in [1.82, 2.24) is 9.80 Å². The molecule has 3 aliphatic rings. The molecule has 1 aromatic rings. The summed E-state index contributed by atoms with van der Waals surface area (Å²) >= 11 is 1.49. The highest BCUT2D eigenvalue weighted by atomic mass is 32.1. The van der Waals surface area contributed by atoms with E-state index in [1.165, 1.54) is 16.2 Å². The molecule has 0 radical (unpaired) electrons. The minimum absolute atomic E-state index is 0.129. The van der Waals surface area contributed by atoms with Gasteiger partial charge in [0.25, 0.3) is 5.91 Å². The van der Waals surface area contributed by atoms with E-state index in [2.05, 4.69) is 17.1 Å². The van der Waals surface area contributed by atoms with E-state index in [-0.39, 0.29) is 24.3 Å².